The van der Waals surface area contributed by atoms with Crippen molar-refractivity contribution in [2.45, 2.75) is 31.2 Å². The maximum atomic E-state index is 11.5. The quantitative estimate of drug-likeness (QED) is 0.672. The first kappa shape index (κ1) is 16.7. The summed E-state index contributed by atoms with van der Waals surface area (Å²) in [7, 11) is 0. The van der Waals surface area contributed by atoms with E-state index >= 15 is 0 Å². The lowest BCUT2D eigenvalue weighted by molar-refractivity contribution is 0.0696. The van der Waals surface area contributed by atoms with Crippen LogP contribution in [0.15, 0.2) is 34.8 Å². The predicted octanol–water partition coefficient (Wildman–Crippen LogP) is 5.17. The Balaban J connectivity index is 1.49. The Morgan fingerprint density at radius 3 is 2.68 bits per heavy atom. The summed E-state index contributed by atoms with van der Waals surface area (Å²) in [6, 6.07) is 9.82. The number of aromatic carboxylic acids is 1. The molecule has 6 heteroatoms. The van der Waals surface area contributed by atoms with E-state index in [9.17, 15) is 9.90 Å². The fourth-order valence-electron chi connectivity index (χ4n) is 6.10. The van der Waals surface area contributed by atoms with Gasteiger partial charge in [-0.15, -0.1) is 0 Å². The minimum absolute atomic E-state index is 0.173. The summed E-state index contributed by atoms with van der Waals surface area (Å²) in [6.07, 6.45) is 3.75. The normalized spacial score (nSPS) is 31.2. The van der Waals surface area contributed by atoms with Crippen LogP contribution in [0.3, 0.4) is 0 Å². The van der Waals surface area contributed by atoms with Crippen molar-refractivity contribution in [1.82, 2.24) is 0 Å². The van der Waals surface area contributed by atoms with Gasteiger partial charge in [0.15, 0.2) is 11.5 Å². The minimum Gasteiger partial charge on any atom is -0.478 e. The number of carbonyl (C=O) groups is 1. The van der Waals surface area contributed by atoms with Crippen molar-refractivity contribution in [3.05, 3.63) is 51.5 Å². The third kappa shape index (κ3) is 2.27. The van der Waals surface area contributed by atoms with Crippen molar-refractivity contribution < 1.29 is 19.4 Å². The van der Waals surface area contributed by atoms with E-state index in [1.807, 2.05) is 18.2 Å². The molecule has 2 aromatic rings. The van der Waals surface area contributed by atoms with Gasteiger partial charge in [-0.3, -0.25) is 0 Å². The highest BCUT2D eigenvalue weighted by atomic mass is 79.9. The van der Waals surface area contributed by atoms with Crippen molar-refractivity contribution in [2.75, 3.05) is 12.1 Å². The molecule has 28 heavy (non-hydrogen) atoms. The van der Waals surface area contributed by atoms with Gasteiger partial charge in [0.2, 0.25) is 6.79 Å². The summed E-state index contributed by atoms with van der Waals surface area (Å²) in [5.74, 6) is 2.92. The Hall–Kier alpha value is -2.21. The monoisotopic (exact) mass is 441 g/mol. The van der Waals surface area contributed by atoms with Crippen LogP contribution < -0.4 is 14.8 Å². The molecule has 4 aliphatic rings. The number of hydrogen-bond acceptors (Lipinski definition) is 4. The first-order valence-electron chi connectivity index (χ1n) is 9.83. The lowest BCUT2D eigenvalue weighted by Crippen LogP contribution is -2.35. The molecule has 2 heterocycles. The second-order valence-corrected chi connectivity index (χ2v) is 9.25. The van der Waals surface area contributed by atoms with Gasteiger partial charge in [-0.2, -0.15) is 0 Å². The predicted molar refractivity (Wildman–Crippen MR) is 107 cm³/mol. The van der Waals surface area contributed by atoms with Crippen molar-refractivity contribution in [3.8, 4) is 11.5 Å². The van der Waals surface area contributed by atoms with E-state index in [2.05, 4.69) is 27.3 Å². The van der Waals surface area contributed by atoms with E-state index in [1.165, 1.54) is 30.4 Å². The fraction of sp³-hybridized carbons (Fsp3) is 0.409. The summed E-state index contributed by atoms with van der Waals surface area (Å²) < 4.78 is 12.2. The molecule has 2 aromatic carbocycles. The van der Waals surface area contributed by atoms with E-state index in [1.54, 1.807) is 6.07 Å². The van der Waals surface area contributed by atoms with Crippen molar-refractivity contribution >= 4 is 27.6 Å². The van der Waals surface area contributed by atoms with Gasteiger partial charge in [0.1, 0.15) is 0 Å². The summed E-state index contributed by atoms with van der Waals surface area (Å²) >= 11 is 3.75. The molecule has 6 rings (SSSR count). The molecular weight excluding hydrogens is 422 g/mol. The Morgan fingerprint density at radius 2 is 1.86 bits per heavy atom. The van der Waals surface area contributed by atoms with Crippen LogP contribution in [0.25, 0.3) is 0 Å². The van der Waals surface area contributed by atoms with Gasteiger partial charge in [0, 0.05) is 10.2 Å². The molecule has 0 radical (unpaired) electrons. The first-order chi connectivity index (χ1) is 13.6. The summed E-state index contributed by atoms with van der Waals surface area (Å²) in [6.45, 7) is 0.265. The average Bonchev–Trinajstić information content (AvgIpc) is 3.42. The molecule has 2 saturated carbocycles. The number of hydrogen-bond donors (Lipinski definition) is 2. The molecule has 0 unspecified atom stereocenters. The van der Waals surface area contributed by atoms with Gasteiger partial charge in [-0.1, -0.05) is 15.9 Å². The Bertz CT molecular complexity index is 1010. The Kier molecular flexibility index (Phi) is 3.52. The number of carboxylic acids is 1. The summed E-state index contributed by atoms with van der Waals surface area (Å²) in [5.41, 5.74) is 3.82. The van der Waals surface area contributed by atoms with Crippen LogP contribution in [0, 0.1) is 17.8 Å². The second kappa shape index (κ2) is 5.89. The largest absolute Gasteiger partial charge is 0.478 e. The zero-order chi connectivity index (χ0) is 19.0. The lowest BCUT2D eigenvalue weighted by Gasteiger charge is -2.44. The molecule has 2 fully saturated rings. The number of anilines is 1. The second-order valence-electron chi connectivity index (χ2n) is 8.39. The van der Waals surface area contributed by atoms with E-state index in [0.717, 1.165) is 21.7 Å². The van der Waals surface area contributed by atoms with Crippen molar-refractivity contribution in [2.24, 2.45) is 17.8 Å². The molecule has 5 nitrogen and oxygen atoms in total. The van der Waals surface area contributed by atoms with E-state index < -0.39 is 5.97 Å². The smallest absolute Gasteiger partial charge is 0.335 e. The molecule has 2 aliphatic carbocycles. The van der Waals surface area contributed by atoms with Gasteiger partial charge in [0.25, 0.3) is 0 Å². The van der Waals surface area contributed by atoms with Gasteiger partial charge in [-0.05, 0) is 84.4 Å². The molecule has 2 aliphatic heterocycles. The molecule has 2 N–H and O–H groups in total. The maximum Gasteiger partial charge on any atom is 0.335 e. The van der Waals surface area contributed by atoms with Crippen LogP contribution in [0.5, 0.6) is 11.5 Å². The van der Waals surface area contributed by atoms with Crippen molar-refractivity contribution in [1.29, 1.82) is 0 Å². The third-order valence-electron chi connectivity index (χ3n) is 7.16. The molecule has 0 amide bonds. The Labute approximate surface area is 171 Å². The number of carboxylic acid groups (broad SMARTS) is 1. The zero-order valence-electron chi connectivity index (χ0n) is 15.2. The highest BCUT2D eigenvalue weighted by Crippen LogP contribution is 2.64. The molecular formula is C22H20BrNO4. The van der Waals surface area contributed by atoms with E-state index in [0.29, 0.717) is 29.2 Å². The van der Waals surface area contributed by atoms with E-state index in [-0.39, 0.29) is 12.8 Å². The molecule has 2 bridgehead atoms. The molecule has 0 spiro atoms. The molecule has 144 valence electrons. The van der Waals surface area contributed by atoms with Crippen LogP contribution in [0.1, 0.15) is 52.7 Å². The number of halogens is 1. The summed E-state index contributed by atoms with van der Waals surface area (Å²) in [5, 5.41) is 13.2. The van der Waals surface area contributed by atoms with Crippen molar-refractivity contribution in [3.63, 3.8) is 0 Å². The topological polar surface area (TPSA) is 67.8 Å². The standard InChI is InChI=1S/C22H20BrNO4/c23-15-8-18-17(27-9-28-18)7-13(15)21-20-11-2-1-10(5-11)19(20)14-6-12(22(25)26)3-4-16(14)24-21/h3-4,6-8,10-11,19-21,24H,1-2,5,9H2,(H,25,26)/t10-,11-,19-,20-,21-/m0/s1. The highest BCUT2D eigenvalue weighted by Gasteiger charge is 2.54. The molecule has 0 aromatic heterocycles. The van der Waals surface area contributed by atoms with Crippen LogP contribution >= 0.6 is 15.9 Å². The summed E-state index contributed by atoms with van der Waals surface area (Å²) in [4.78, 5) is 11.5. The molecule has 5 atom stereocenters. The number of nitrogens with one attached hydrogen (secondary N) is 1. The fourth-order valence-corrected chi connectivity index (χ4v) is 6.67. The molecule has 0 saturated heterocycles. The van der Waals surface area contributed by atoms with Crippen LogP contribution in [-0.2, 0) is 0 Å². The van der Waals surface area contributed by atoms with Gasteiger partial charge in [-0.25, -0.2) is 4.79 Å². The van der Waals surface area contributed by atoms with Crippen LogP contribution in [0.2, 0.25) is 0 Å². The minimum atomic E-state index is -0.858. The SMILES string of the molecule is O=C(O)c1ccc2c(c1)[C@@H]1[C@H]3CC[C@@H](C3)[C@@H]1[C@H](c1cc3c(cc1Br)OCO3)N2. The average molecular weight is 442 g/mol. The van der Waals surface area contributed by atoms with Gasteiger partial charge in [0.05, 0.1) is 11.6 Å². The number of ether oxygens (including phenoxy) is 2. The third-order valence-corrected chi connectivity index (χ3v) is 7.85. The Morgan fingerprint density at radius 1 is 1.07 bits per heavy atom. The van der Waals surface area contributed by atoms with Gasteiger partial charge < -0.3 is 19.9 Å². The van der Waals surface area contributed by atoms with E-state index in [4.69, 9.17) is 9.47 Å². The zero-order valence-corrected chi connectivity index (χ0v) is 16.7. The lowest BCUT2D eigenvalue weighted by atomic mass is 9.68. The number of benzene rings is 2. The van der Waals surface area contributed by atoms with Crippen LogP contribution in [-0.4, -0.2) is 17.9 Å². The first-order valence-corrected chi connectivity index (χ1v) is 10.6. The number of fused-ring (bicyclic) bond motifs is 8. The van der Waals surface area contributed by atoms with Gasteiger partial charge >= 0.3 is 5.97 Å². The highest BCUT2D eigenvalue weighted by molar-refractivity contribution is 9.10. The number of rotatable bonds is 2. The maximum absolute atomic E-state index is 11.5. The van der Waals surface area contributed by atoms with Crippen LogP contribution in [0.4, 0.5) is 5.69 Å².